The number of aryl methyl sites for hydroxylation is 12. The van der Waals surface area contributed by atoms with Gasteiger partial charge in [0.05, 0.1) is 0 Å². The normalized spacial score (nSPS) is 11.4. The van der Waals surface area contributed by atoms with Crippen LogP contribution in [0.25, 0.3) is 44.5 Å². The molecule has 258 valence electrons. The van der Waals surface area contributed by atoms with E-state index in [1.165, 1.54) is 121 Å². The van der Waals surface area contributed by atoms with Crippen molar-refractivity contribution in [3.63, 3.8) is 0 Å². The molecular weight excluding hydrogens is 713 g/mol. The predicted octanol–water partition coefficient (Wildman–Crippen LogP) is 14.5. The molecule has 2 radical (unpaired) electrons. The number of rotatable bonds is 8. The van der Waals surface area contributed by atoms with Crippen LogP contribution in [0.15, 0.2) is 94.7 Å². The van der Waals surface area contributed by atoms with Crippen molar-refractivity contribution in [2.75, 3.05) is 0 Å². The molecule has 0 bridgehead atoms. The maximum atomic E-state index is 2.36. The molecule has 0 saturated carbocycles. The Kier molecular flexibility index (Phi) is 11.2. The van der Waals surface area contributed by atoms with Crippen molar-refractivity contribution in [2.45, 2.75) is 92.9 Å². The van der Waals surface area contributed by atoms with Gasteiger partial charge in [0.2, 0.25) is 0 Å². The Morgan fingerprint density at radius 3 is 0.706 bits per heavy atom. The standard InChI is InChI=1S/C48H50GeS2/c1-27-19-31(5)43(32(6)20-27)39-15-13-16-40(44-33(7)21-28(2)22-34(44)8)47(39)50-49-51-48-41(45-35(9)23-29(3)24-36(45)10)17-14-18-42(48)46-37(11)25-30(4)26-38(46)12/h13-26H,1-12H3. The van der Waals surface area contributed by atoms with Gasteiger partial charge < -0.3 is 0 Å². The van der Waals surface area contributed by atoms with Crippen LogP contribution in [0.3, 0.4) is 0 Å². The van der Waals surface area contributed by atoms with E-state index in [0.717, 1.165) is 0 Å². The average Bonchev–Trinajstić information content (AvgIpc) is 3.01. The fourth-order valence-corrected chi connectivity index (χ4v) is 17.3. The molecule has 6 aromatic rings. The van der Waals surface area contributed by atoms with E-state index in [1.807, 2.05) is 0 Å². The van der Waals surface area contributed by atoms with Gasteiger partial charge in [-0.15, -0.1) is 0 Å². The minimum atomic E-state index is -0.619. The third-order valence-electron chi connectivity index (χ3n) is 10.1. The van der Waals surface area contributed by atoms with Crippen molar-refractivity contribution in [1.82, 2.24) is 0 Å². The molecule has 0 aliphatic rings. The predicted molar refractivity (Wildman–Crippen MR) is 229 cm³/mol. The molecule has 0 aromatic heterocycles. The van der Waals surface area contributed by atoms with Gasteiger partial charge in [-0.1, -0.05) is 0 Å². The van der Waals surface area contributed by atoms with Gasteiger partial charge in [0, 0.05) is 0 Å². The van der Waals surface area contributed by atoms with E-state index in [2.05, 4.69) is 188 Å². The summed E-state index contributed by atoms with van der Waals surface area (Å²) in [6.07, 6.45) is 0. The molecule has 6 aromatic carbocycles. The number of hydrogen-bond donors (Lipinski definition) is 0. The summed E-state index contributed by atoms with van der Waals surface area (Å²) in [6.45, 7) is 27.1. The zero-order chi connectivity index (χ0) is 36.7. The second kappa shape index (κ2) is 15.3. The van der Waals surface area contributed by atoms with Crippen LogP contribution >= 0.6 is 20.2 Å². The van der Waals surface area contributed by atoms with E-state index in [4.69, 9.17) is 0 Å². The van der Waals surface area contributed by atoms with E-state index in [0.29, 0.717) is 0 Å². The Hall–Kier alpha value is -3.44. The van der Waals surface area contributed by atoms with Gasteiger partial charge in [0.1, 0.15) is 0 Å². The molecular formula is C48H50GeS2. The first-order valence-electron chi connectivity index (χ1n) is 17.9. The average molecular weight is 764 g/mol. The molecule has 0 aliphatic heterocycles. The van der Waals surface area contributed by atoms with Gasteiger partial charge >= 0.3 is 322 Å². The van der Waals surface area contributed by atoms with Crippen molar-refractivity contribution in [3.8, 4) is 44.5 Å². The minimum absolute atomic E-state index is 0.619. The van der Waals surface area contributed by atoms with Crippen molar-refractivity contribution >= 4 is 33.3 Å². The fraction of sp³-hybridized carbons (Fsp3) is 0.250. The second-order valence-corrected chi connectivity index (χ2v) is 22.4. The molecule has 0 saturated heterocycles. The summed E-state index contributed by atoms with van der Waals surface area (Å²) in [5.74, 6) is 0. The molecule has 0 fully saturated rings. The van der Waals surface area contributed by atoms with Crippen LogP contribution in [0, 0.1) is 83.1 Å². The van der Waals surface area contributed by atoms with Crippen molar-refractivity contribution in [1.29, 1.82) is 0 Å². The first kappa shape index (κ1) is 37.3. The van der Waals surface area contributed by atoms with Crippen LogP contribution < -0.4 is 0 Å². The van der Waals surface area contributed by atoms with Gasteiger partial charge in [-0.25, -0.2) is 0 Å². The van der Waals surface area contributed by atoms with E-state index in [-0.39, 0.29) is 0 Å². The van der Waals surface area contributed by atoms with Crippen molar-refractivity contribution in [2.24, 2.45) is 0 Å². The molecule has 0 aliphatic carbocycles. The SMILES string of the molecule is Cc1cc(C)c(-c2cccc(-c3c(C)cc(C)cc3C)c2[S][Ge][S]c2c(-c3c(C)cc(C)cc3C)cccc2-c2c(C)cc(C)cc2C)c(C)c1. The summed E-state index contributed by atoms with van der Waals surface area (Å²) in [5.41, 5.74) is 27.0. The van der Waals surface area contributed by atoms with Crippen molar-refractivity contribution in [3.05, 3.63) is 152 Å². The van der Waals surface area contributed by atoms with Gasteiger partial charge in [-0.2, -0.15) is 0 Å². The maximum absolute atomic E-state index is 2.36. The van der Waals surface area contributed by atoms with Crippen LogP contribution in [0.4, 0.5) is 0 Å². The summed E-state index contributed by atoms with van der Waals surface area (Å²) < 4.78 is 0. The second-order valence-electron chi connectivity index (χ2n) is 14.7. The topological polar surface area (TPSA) is 0 Å². The van der Waals surface area contributed by atoms with E-state index < -0.39 is 13.1 Å². The van der Waals surface area contributed by atoms with Gasteiger partial charge in [-0.05, 0) is 0 Å². The molecule has 0 N–H and O–H groups in total. The summed E-state index contributed by atoms with van der Waals surface area (Å²) in [6, 6.07) is 32.8. The number of hydrogen-bond acceptors (Lipinski definition) is 2. The fourth-order valence-electron chi connectivity index (χ4n) is 8.61. The molecule has 0 atom stereocenters. The Bertz CT molecular complexity index is 1900. The molecule has 0 unspecified atom stereocenters. The Balaban J connectivity index is 1.54. The van der Waals surface area contributed by atoms with Gasteiger partial charge in [-0.3, -0.25) is 0 Å². The molecule has 0 nitrogen and oxygen atoms in total. The summed E-state index contributed by atoms with van der Waals surface area (Å²) in [4.78, 5) is 2.83. The van der Waals surface area contributed by atoms with E-state index >= 15 is 0 Å². The van der Waals surface area contributed by atoms with Crippen LogP contribution in [0.1, 0.15) is 66.8 Å². The molecule has 0 heterocycles. The molecule has 3 heteroatoms. The molecule has 6 rings (SSSR count). The van der Waals surface area contributed by atoms with Gasteiger partial charge in [0.15, 0.2) is 0 Å². The quantitative estimate of drug-likeness (QED) is 0.142. The first-order valence-corrected chi connectivity index (χ1v) is 24.7. The molecule has 51 heavy (non-hydrogen) atoms. The first-order chi connectivity index (χ1) is 24.2. The van der Waals surface area contributed by atoms with Crippen LogP contribution in [-0.4, -0.2) is 13.1 Å². The zero-order valence-corrected chi connectivity index (χ0v) is 36.1. The van der Waals surface area contributed by atoms with Crippen molar-refractivity contribution < 1.29 is 0 Å². The van der Waals surface area contributed by atoms with Gasteiger partial charge in [0.25, 0.3) is 0 Å². The monoisotopic (exact) mass is 764 g/mol. The Morgan fingerprint density at radius 2 is 0.510 bits per heavy atom. The van der Waals surface area contributed by atoms with E-state index in [1.54, 1.807) is 0 Å². The van der Waals surface area contributed by atoms with E-state index in [9.17, 15) is 0 Å². The summed E-state index contributed by atoms with van der Waals surface area (Å²) >= 11 is -0.619. The summed E-state index contributed by atoms with van der Waals surface area (Å²) in [5, 5.41) is 0. The zero-order valence-electron chi connectivity index (χ0n) is 32.4. The Morgan fingerprint density at radius 1 is 0.314 bits per heavy atom. The number of benzene rings is 6. The van der Waals surface area contributed by atoms with Crippen LogP contribution in [0.2, 0.25) is 0 Å². The molecule has 0 spiro atoms. The molecule has 0 amide bonds. The van der Waals surface area contributed by atoms with Crippen LogP contribution in [0.5, 0.6) is 0 Å². The van der Waals surface area contributed by atoms with Crippen LogP contribution in [-0.2, 0) is 0 Å². The Labute approximate surface area is 320 Å². The third-order valence-corrected chi connectivity index (χ3v) is 17.8. The summed E-state index contributed by atoms with van der Waals surface area (Å²) in [7, 11) is 4.24. The third kappa shape index (κ3) is 7.56.